The quantitative estimate of drug-likeness (QED) is 0.413. The molecule has 14 heteroatoms. The van der Waals surface area contributed by atoms with Crippen LogP contribution in [0.5, 0.6) is 5.75 Å². The summed E-state index contributed by atoms with van der Waals surface area (Å²) in [6.45, 7) is 0.139. The first-order chi connectivity index (χ1) is 19.4. The van der Waals surface area contributed by atoms with Crippen LogP contribution < -0.4 is 21.0 Å². The molecule has 2 aromatic heterocycles. The van der Waals surface area contributed by atoms with Crippen LogP contribution in [-0.4, -0.2) is 58.4 Å². The molecule has 0 radical (unpaired) electrons. The average Bonchev–Trinajstić information content (AvgIpc) is 2.90. The molecule has 1 amide bonds. The molecular weight excluding hydrogens is 568 g/mol. The van der Waals surface area contributed by atoms with E-state index in [4.69, 9.17) is 16.3 Å². The number of likely N-dealkylation sites (N-methyl/N-ethyl adjacent to an activating group) is 1. The summed E-state index contributed by atoms with van der Waals surface area (Å²) in [7, 11) is 2.95. The number of nitrogens with one attached hydrogen (secondary N) is 2. The number of rotatable bonds is 6. The number of benzene rings is 1. The molecule has 2 N–H and O–H groups in total. The lowest BCUT2D eigenvalue weighted by Crippen LogP contribution is -2.52. The number of amides is 1. The largest absolute Gasteiger partial charge is 0.494 e. The summed E-state index contributed by atoms with van der Waals surface area (Å²) in [5.41, 5.74) is 0.422. The number of alkyl halides is 3. The summed E-state index contributed by atoms with van der Waals surface area (Å²) in [6, 6.07) is 2.23. The summed E-state index contributed by atoms with van der Waals surface area (Å²) < 4.78 is 62.4. The van der Waals surface area contributed by atoms with Gasteiger partial charge in [-0.05, 0) is 37.3 Å². The molecule has 0 saturated heterocycles. The van der Waals surface area contributed by atoms with E-state index in [1.165, 1.54) is 48.4 Å². The molecule has 1 aliphatic carbocycles. The highest BCUT2D eigenvalue weighted by atomic mass is 35.5. The lowest BCUT2D eigenvalue weighted by Gasteiger charge is -2.35. The number of carbonyl (C=O) groups is 1. The Hall–Kier alpha value is -3.71. The minimum absolute atomic E-state index is 0.0608. The van der Waals surface area contributed by atoms with Gasteiger partial charge in [-0.2, -0.15) is 13.2 Å². The molecule has 0 unspecified atom stereocenters. The minimum atomic E-state index is -4.80. The first-order valence-electron chi connectivity index (χ1n) is 12.9. The molecule has 218 valence electrons. The van der Waals surface area contributed by atoms with Crippen LogP contribution in [0.1, 0.15) is 25.7 Å². The van der Waals surface area contributed by atoms with Crippen molar-refractivity contribution < 1.29 is 27.1 Å². The number of ether oxygens (including phenoxy) is 1. The van der Waals surface area contributed by atoms with Gasteiger partial charge >= 0.3 is 6.18 Å². The van der Waals surface area contributed by atoms with E-state index in [9.17, 15) is 22.8 Å². The lowest BCUT2D eigenvalue weighted by molar-refractivity contribution is -0.136. The zero-order valence-corrected chi connectivity index (χ0v) is 22.9. The highest BCUT2D eigenvalue weighted by Gasteiger charge is 2.44. The van der Waals surface area contributed by atoms with Crippen LogP contribution in [0.2, 0.25) is 5.02 Å². The Labute approximate surface area is 237 Å². The van der Waals surface area contributed by atoms with Crippen molar-refractivity contribution in [1.82, 2.24) is 30.3 Å². The fourth-order valence-electron chi connectivity index (χ4n) is 5.49. The maximum absolute atomic E-state index is 15.1. The second-order valence-electron chi connectivity index (χ2n) is 10.3. The summed E-state index contributed by atoms with van der Waals surface area (Å²) in [5.74, 6) is -1.44. The maximum atomic E-state index is 15.1. The van der Waals surface area contributed by atoms with Crippen molar-refractivity contribution in [1.29, 1.82) is 0 Å². The van der Waals surface area contributed by atoms with Gasteiger partial charge in [0.1, 0.15) is 11.4 Å². The Balaban J connectivity index is 1.38. The molecule has 1 saturated carbocycles. The van der Waals surface area contributed by atoms with Crippen molar-refractivity contribution >= 4 is 28.3 Å². The van der Waals surface area contributed by atoms with Gasteiger partial charge in [0.15, 0.2) is 11.6 Å². The van der Waals surface area contributed by atoms with Crippen molar-refractivity contribution in [2.45, 2.75) is 44.4 Å². The van der Waals surface area contributed by atoms with Crippen molar-refractivity contribution in [2.75, 3.05) is 20.7 Å². The van der Waals surface area contributed by atoms with Gasteiger partial charge in [-0.25, -0.2) is 19.4 Å². The second kappa shape index (κ2) is 11.3. The molecule has 41 heavy (non-hydrogen) atoms. The predicted molar refractivity (Wildman–Crippen MR) is 143 cm³/mol. The Kier molecular flexibility index (Phi) is 7.93. The summed E-state index contributed by atoms with van der Waals surface area (Å²) in [6.07, 6.45) is 2.05. The van der Waals surface area contributed by atoms with Crippen LogP contribution in [0.25, 0.3) is 22.2 Å². The molecular formula is C27H27ClF4N6O3. The fourth-order valence-corrected chi connectivity index (χ4v) is 5.76. The van der Waals surface area contributed by atoms with Gasteiger partial charge in [-0.3, -0.25) is 15.0 Å². The van der Waals surface area contributed by atoms with E-state index in [1.807, 2.05) is 0 Å². The Morgan fingerprint density at radius 3 is 2.59 bits per heavy atom. The van der Waals surface area contributed by atoms with Gasteiger partial charge < -0.3 is 14.6 Å². The van der Waals surface area contributed by atoms with E-state index in [0.717, 1.165) is 18.9 Å². The zero-order valence-electron chi connectivity index (χ0n) is 22.2. The Morgan fingerprint density at radius 1 is 1.17 bits per heavy atom. The van der Waals surface area contributed by atoms with Crippen molar-refractivity contribution in [3.8, 4) is 17.1 Å². The van der Waals surface area contributed by atoms with Crippen molar-refractivity contribution in [3.05, 3.63) is 63.2 Å². The summed E-state index contributed by atoms with van der Waals surface area (Å²) in [5, 5.41) is 4.92. The number of hydrogen-bond acceptors (Lipinski definition) is 7. The smallest absolute Gasteiger partial charge is 0.423 e. The van der Waals surface area contributed by atoms with Gasteiger partial charge in [0.2, 0.25) is 0 Å². The monoisotopic (exact) mass is 594 g/mol. The predicted octanol–water partition coefficient (Wildman–Crippen LogP) is 4.20. The highest BCUT2D eigenvalue weighted by Crippen LogP contribution is 2.33. The molecule has 1 aromatic carbocycles. The van der Waals surface area contributed by atoms with Crippen LogP contribution in [-0.2, 0) is 11.3 Å². The van der Waals surface area contributed by atoms with Crippen LogP contribution in [0.15, 0.2) is 46.8 Å². The molecule has 0 spiro atoms. The molecule has 1 fully saturated rings. The molecule has 9 nitrogen and oxygen atoms in total. The van der Waals surface area contributed by atoms with Crippen LogP contribution in [0, 0.1) is 11.7 Å². The maximum Gasteiger partial charge on any atom is 0.423 e. The van der Waals surface area contributed by atoms with E-state index >= 15 is 4.39 Å². The minimum Gasteiger partial charge on any atom is -0.494 e. The Bertz CT molecular complexity index is 1570. The average molecular weight is 595 g/mol. The molecule has 1 aliphatic heterocycles. The molecule has 3 heterocycles. The molecule has 5 rings (SSSR count). The van der Waals surface area contributed by atoms with Crippen molar-refractivity contribution in [3.63, 3.8) is 0 Å². The van der Waals surface area contributed by atoms with E-state index in [1.54, 1.807) is 0 Å². The number of aromatic nitrogens is 3. The van der Waals surface area contributed by atoms with Gasteiger partial charge in [0, 0.05) is 36.9 Å². The normalized spacial score (nSPS) is 20.3. The number of hydrogen-bond donors (Lipinski definition) is 2. The summed E-state index contributed by atoms with van der Waals surface area (Å²) >= 11 is 6.54. The van der Waals surface area contributed by atoms with E-state index in [-0.39, 0.29) is 52.5 Å². The van der Waals surface area contributed by atoms with Crippen LogP contribution in [0.4, 0.5) is 17.6 Å². The van der Waals surface area contributed by atoms with E-state index < -0.39 is 29.0 Å². The van der Waals surface area contributed by atoms with E-state index in [2.05, 4.69) is 20.7 Å². The first-order valence-corrected chi connectivity index (χ1v) is 13.3. The second-order valence-corrected chi connectivity index (χ2v) is 10.7. The third-order valence-corrected chi connectivity index (χ3v) is 7.65. The SMILES string of the molecule is COc1cnc(-c2cc3c(Cl)cn(C[C@@H]4CCC[C@H](NC5=C(C(F)(F)F)C(=O)NN(C)C5)C4)c(=O)c3cc2F)nc1. The number of hydrazine groups is 1. The van der Waals surface area contributed by atoms with Crippen LogP contribution >= 0.6 is 11.6 Å². The number of nitrogens with zero attached hydrogens (tertiary/aromatic N) is 4. The van der Waals surface area contributed by atoms with Gasteiger partial charge in [-0.1, -0.05) is 18.0 Å². The lowest BCUT2D eigenvalue weighted by atomic mass is 9.85. The Morgan fingerprint density at radius 2 is 1.90 bits per heavy atom. The molecule has 3 aromatic rings. The number of carbonyl (C=O) groups excluding carboxylic acids is 1. The van der Waals surface area contributed by atoms with Gasteiger partial charge in [-0.15, -0.1) is 0 Å². The topological polar surface area (TPSA) is 101 Å². The van der Waals surface area contributed by atoms with Gasteiger partial charge in [0.05, 0.1) is 42.0 Å². The summed E-state index contributed by atoms with van der Waals surface area (Å²) in [4.78, 5) is 33.7. The van der Waals surface area contributed by atoms with E-state index in [0.29, 0.717) is 24.0 Å². The number of fused-ring (bicyclic) bond motifs is 1. The van der Waals surface area contributed by atoms with Gasteiger partial charge in [0.25, 0.3) is 11.5 Å². The highest BCUT2D eigenvalue weighted by molar-refractivity contribution is 6.35. The molecule has 2 atom stereocenters. The molecule has 2 aliphatic rings. The molecule has 0 bridgehead atoms. The fraction of sp³-hybridized carbons (Fsp3) is 0.407. The van der Waals surface area contributed by atoms with Crippen LogP contribution in [0.3, 0.4) is 0 Å². The third kappa shape index (κ3) is 6.01. The number of pyridine rings is 1. The first kappa shape index (κ1) is 28.8. The standard InChI is InChI=1S/C27H27ClF4N6O3/c1-37-13-22(23(25(39)36-37)27(30,31)32)35-15-5-3-4-14(6-15)11-38-12-20(28)17-7-19(21(29)8-18(17)26(38)40)24-33-9-16(41-2)10-34-24/h7-10,12,14-15,35H,3-6,11,13H2,1-2H3,(H,36,39)/t14-,15+/m1/s1. The number of methoxy groups -OCH3 is 1. The van der Waals surface area contributed by atoms with Crippen molar-refractivity contribution in [2.24, 2.45) is 5.92 Å². The number of halogens is 5. The third-order valence-electron chi connectivity index (χ3n) is 7.35. The zero-order chi connectivity index (χ0) is 29.5.